The van der Waals surface area contributed by atoms with Gasteiger partial charge in [0.05, 0.1) is 38.7 Å². The first kappa shape index (κ1) is 24.3. The molecule has 4 atom stereocenters. The molecule has 9 nitrogen and oxygen atoms in total. The van der Waals surface area contributed by atoms with Gasteiger partial charge in [0.25, 0.3) is 5.91 Å². The van der Waals surface area contributed by atoms with E-state index in [1.165, 1.54) is 0 Å². The highest BCUT2D eigenvalue weighted by atomic mass is 16.5. The van der Waals surface area contributed by atoms with E-state index in [0.29, 0.717) is 24.4 Å². The standard InChI is InChI=1S/C25H33N3O6/c1-32-18-9-7-17(8-10-18)25(31)26-15-21-23(24(30)22(16-29)34-21)28-13-11-27(12-14-28)19-5-3-4-6-20(19)33-2/h3-10,21-24,29-30H,11-16H2,1-2H3,(H,26,31)/t21-,22-,23-,24+/m0/s1. The van der Waals surface area contributed by atoms with Crippen molar-refractivity contribution >= 4 is 11.6 Å². The summed E-state index contributed by atoms with van der Waals surface area (Å²) in [5, 5.41) is 23.5. The molecule has 2 aliphatic rings. The summed E-state index contributed by atoms with van der Waals surface area (Å²) in [6.45, 7) is 2.91. The van der Waals surface area contributed by atoms with Gasteiger partial charge in [-0.25, -0.2) is 0 Å². The number of aliphatic hydroxyl groups excluding tert-OH is 2. The van der Waals surface area contributed by atoms with Crippen molar-refractivity contribution in [3.8, 4) is 11.5 Å². The van der Waals surface area contributed by atoms with Crippen molar-refractivity contribution in [2.75, 3.05) is 58.5 Å². The quantitative estimate of drug-likeness (QED) is 0.518. The van der Waals surface area contributed by atoms with Crippen molar-refractivity contribution in [2.24, 2.45) is 0 Å². The maximum absolute atomic E-state index is 12.6. The first-order chi connectivity index (χ1) is 16.5. The first-order valence-electron chi connectivity index (χ1n) is 11.5. The van der Waals surface area contributed by atoms with Crippen molar-refractivity contribution in [3.63, 3.8) is 0 Å². The maximum Gasteiger partial charge on any atom is 0.251 e. The predicted octanol–water partition coefficient (Wildman–Crippen LogP) is 0.745. The second-order valence-electron chi connectivity index (χ2n) is 8.51. The predicted molar refractivity (Wildman–Crippen MR) is 128 cm³/mol. The summed E-state index contributed by atoms with van der Waals surface area (Å²) < 4.78 is 16.6. The highest BCUT2D eigenvalue weighted by Gasteiger charge is 2.46. The summed E-state index contributed by atoms with van der Waals surface area (Å²) in [7, 11) is 3.24. The second kappa shape index (κ2) is 11.1. The van der Waals surface area contributed by atoms with Crippen molar-refractivity contribution in [1.29, 1.82) is 0 Å². The minimum absolute atomic E-state index is 0.229. The molecular weight excluding hydrogens is 438 g/mol. The molecular formula is C25H33N3O6. The van der Waals surface area contributed by atoms with Gasteiger partial charge in [0.15, 0.2) is 0 Å². The van der Waals surface area contributed by atoms with E-state index in [-0.39, 0.29) is 25.1 Å². The lowest BCUT2D eigenvalue weighted by molar-refractivity contribution is -0.0209. The van der Waals surface area contributed by atoms with E-state index in [0.717, 1.165) is 24.5 Å². The molecule has 0 saturated carbocycles. The Labute approximate surface area is 199 Å². The molecule has 0 radical (unpaired) electrons. The van der Waals surface area contributed by atoms with Crippen molar-refractivity contribution < 1.29 is 29.2 Å². The van der Waals surface area contributed by atoms with Crippen molar-refractivity contribution in [2.45, 2.75) is 24.4 Å². The van der Waals surface area contributed by atoms with Crippen LogP contribution in [0, 0.1) is 0 Å². The molecule has 184 valence electrons. The highest BCUT2D eigenvalue weighted by Crippen LogP contribution is 2.31. The molecule has 2 aliphatic heterocycles. The third-order valence-electron chi connectivity index (χ3n) is 6.62. The number of hydrogen-bond acceptors (Lipinski definition) is 8. The molecule has 34 heavy (non-hydrogen) atoms. The number of nitrogens with zero attached hydrogens (tertiary/aromatic N) is 2. The number of carbonyl (C=O) groups excluding carboxylic acids is 1. The third-order valence-corrected chi connectivity index (χ3v) is 6.62. The molecule has 3 N–H and O–H groups in total. The Morgan fingerprint density at radius 3 is 2.38 bits per heavy atom. The number of hydrogen-bond donors (Lipinski definition) is 3. The molecule has 1 amide bonds. The molecule has 9 heteroatoms. The number of amides is 1. The van der Waals surface area contributed by atoms with E-state index in [2.05, 4.69) is 15.1 Å². The number of anilines is 1. The lowest BCUT2D eigenvalue weighted by Gasteiger charge is -2.41. The molecule has 2 aromatic rings. The van der Waals surface area contributed by atoms with Gasteiger partial charge in [-0.3, -0.25) is 9.69 Å². The summed E-state index contributed by atoms with van der Waals surface area (Å²) in [5.74, 6) is 1.28. The van der Waals surface area contributed by atoms with Gasteiger partial charge in [0, 0.05) is 38.3 Å². The van der Waals surface area contributed by atoms with E-state index >= 15 is 0 Å². The van der Waals surface area contributed by atoms with E-state index in [9.17, 15) is 15.0 Å². The Hall–Kier alpha value is -2.85. The van der Waals surface area contributed by atoms with E-state index in [4.69, 9.17) is 14.2 Å². The zero-order valence-electron chi connectivity index (χ0n) is 19.6. The third kappa shape index (κ3) is 5.12. The minimum atomic E-state index is -0.842. The Kier molecular flexibility index (Phi) is 7.89. The fourth-order valence-electron chi connectivity index (χ4n) is 4.79. The number of aliphatic hydroxyl groups is 2. The van der Waals surface area contributed by atoms with Crippen LogP contribution in [0.4, 0.5) is 5.69 Å². The highest BCUT2D eigenvalue weighted by molar-refractivity contribution is 5.94. The number of benzene rings is 2. The van der Waals surface area contributed by atoms with Gasteiger partial charge in [-0.2, -0.15) is 0 Å². The Morgan fingerprint density at radius 1 is 1.03 bits per heavy atom. The van der Waals surface area contributed by atoms with Crippen LogP contribution in [0.2, 0.25) is 0 Å². The van der Waals surface area contributed by atoms with Gasteiger partial charge < -0.3 is 34.6 Å². The van der Waals surface area contributed by atoms with Crippen LogP contribution in [0.15, 0.2) is 48.5 Å². The SMILES string of the molecule is COc1ccc(C(=O)NC[C@@H]2O[C@@H](CO)[C@@H](O)[C@H]2N2CCN(c3ccccc3OC)CC2)cc1. The smallest absolute Gasteiger partial charge is 0.251 e. The number of nitrogens with one attached hydrogen (secondary N) is 1. The van der Waals surface area contributed by atoms with Crippen LogP contribution in [0.5, 0.6) is 11.5 Å². The van der Waals surface area contributed by atoms with E-state index in [1.54, 1.807) is 38.5 Å². The number of para-hydroxylation sites is 2. The summed E-state index contributed by atoms with van der Waals surface area (Å²) in [4.78, 5) is 17.1. The van der Waals surface area contributed by atoms with E-state index < -0.39 is 18.3 Å². The van der Waals surface area contributed by atoms with Gasteiger partial charge in [-0.15, -0.1) is 0 Å². The van der Waals surface area contributed by atoms with Gasteiger partial charge >= 0.3 is 0 Å². The molecule has 0 aromatic heterocycles. The fourth-order valence-corrected chi connectivity index (χ4v) is 4.79. The summed E-state index contributed by atoms with van der Waals surface area (Å²) in [6.07, 6.45) is -1.96. The van der Waals surface area contributed by atoms with Gasteiger partial charge in [-0.1, -0.05) is 12.1 Å². The second-order valence-corrected chi connectivity index (χ2v) is 8.51. The Morgan fingerprint density at radius 2 is 1.74 bits per heavy atom. The van der Waals surface area contributed by atoms with Crippen LogP contribution in [-0.4, -0.2) is 98.9 Å². The maximum atomic E-state index is 12.6. The molecule has 0 aliphatic carbocycles. The first-order valence-corrected chi connectivity index (χ1v) is 11.5. The largest absolute Gasteiger partial charge is 0.497 e. The molecule has 2 aromatic carbocycles. The monoisotopic (exact) mass is 471 g/mol. The molecule has 0 unspecified atom stereocenters. The van der Waals surface area contributed by atoms with Crippen LogP contribution in [0.3, 0.4) is 0 Å². The van der Waals surface area contributed by atoms with Crippen LogP contribution >= 0.6 is 0 Å². The molecule has 2 heterocycles. The number of piperazine rings is 1. The Bertz CT molecular complexity index is 948. The van der Waals surface area contributed by atoms with Crippen LogP contribution in [0.25, 0.3) is 0 Å². The lowest BCUT2D eigenvalue weighted by atomic mass is 10.0. The zero-order valence-corrected chi connectivity index (χ0v) is 19.6. The van der Waals surface area contributed by atoms with Crippen molar-refractivity contribution in [3.05, 3.63) is 54.1 Å². The Balaban J connectivity index is 1.39. The minimum Gasteiger partial charge on any atom is -0.497 e. The average Bonchev–Trinajstić information content (AvgIpc) is 3.22. The number of methoxy groups -OCH3 is 2. The summed E-state index contributed by atoms with van der Waals surface area (Å²) in [5.41, 5.74) is 1.56. The number of ether oxygens (including phenoxy) is 3. The van der Waals surface area contributed by atoms with E-state index in [1.807, 2.05) is 24.3 Å². The molecule has 0 bridgehead atoms. The van der Waals surface area contributed by atoms with Gasteiger partial charge in [0.2, 0.25) is 0 Å². The molecule has 2 fully saturated rings. The van der Waals surface area contributed by atoms with Gasteiger partial charge in [0.1, 0.15) is 23.7 Å². The van der Waals surface area contributed by atoms with Gasteiger partial charge in [-0.05, 0) is 36.4 Å². The summed E-state index contributed by atoms with van der Waals surface area (Å²) >= 11 is 0. The molecule has 0 spiro atoms. The normalized spacial score (nSPS) is 25.2. The zero-order chi connectivity index (χ0) is 24.1. The van der Waals surface area contributed by atoms with Crippen LogP contribution < -0.4 is 19.7 Å². The molecule has 4 rings (SSSR count). The summed E-state index contributed by atoms with van der Waals surface area (Å²) in [6, 6.07) is 14.5. The number of carbonyl (C=O) groups is 1. The topological polar surface area (TPSA) is 104 Å². The van der Waals surface area contributed by atoms with Crippen LogP contribution in [-0.2, 0) is 4.74 Å². The number of rotatable bonds is 8. The lowest BCUT2D eigenvalue weighted by Crippen LogP contribution is -2.57. The molecule has 2 saturated heterocycles. The van der Waals surface area contributed by atoms with Crippen molar-refractivity contribution in [1.82, 2.24) is 10.2 Å². The van der Waals surface area contributed by atoms with Crippen LogP contribution in [0.1, 0.15) is 10.4 Å². The average molecular weight is 472 g/mol. The fraction of sp³-hybridized carbons (Fsp3) is 0.480.